The fourth-order valence-corrected chi connectivity index (χ4v) is 2.52. The third-order valence-corrected chi connectivity index (χ3v) is 3.70. The summed E-state index contributed by atoms with van der Waals surface area (Å²) in [5.74, 6) is 0.150. The van der Waals surface area contributed by atoms with E-state index < -0.39 is 0 Å². The lowest BCUT2D eigenvalue weighted by Gasteiger charge is -2.16. The van der Waals surface area contributed by atoms with Crippen LogP contribution in [0.5, 0.6) is 0 Å². The van der Waals surface area contributed by atoms with E-state index in [9.17, 15) is 9.59 Å². The molecule has 1 saturated heterocycles. The molecule has 20 heavy (non-hydrogen) atoms. The smallest absolute Gasteiger partial charge is 0.319 e. The van der Waals surface area contributed by atoms with Crippen LogP contribution in [0.15, 0.2) is 12.4 Å². The molecule has 3 amide bonds. The number of anilines is 1. The molecule has 1 atom stereocenters. The molecular formula is C13H19N5O2. The maximum absolute atomic E-state index is 11.9. The Morgan fingerprint density at radius 3 is 2.95 bits per heavy atom. The molecule has 2 heterocycles. The van der Waals surface area contributed by atoms with Crippen molar-refractivity contribution in [2.45, 2.75) is 44.8 Å². The highest BCUT2D eigenvalue weighted by molar-refractivity contribution is 5.90. The summed E-state index contributed by atoms with van der Waals surface area (Å²) in [6.45, 7) is 3.37. The molecule has 7 nitrogen and oxygen atoms in total. The Hall–Kier alpha value is -2.05. The van der Waals surface area contributed by atoms with Crippen molar-refractivity contribution in [1.82, 2.24) is 20.0 Å². The van der Waals surface area contributed by atoms with Crippen molar-refractivity contribution in [2.24, 2.45) is 0 Å². The molecule has 2 fully saturated rings. The van der Waals surface area contributed by atoms with Gasteiger partial charge in [0.2, 0.25) is 5.91 Å². The SMILES string of the molecule is CCn1cc(NC(=O)N[C@@H]2CC(=O)N(C3CC3)C2)cn1. The minimum atomic E-state index is -0.281. The van der Waals surface area contributed by atoms with Crippen LogP contribution < -0.4 is 10.6 Å². The lowest BCUT2D eigenvalue weighted by atomic mass is 10.2. The van der Waals surface area contributed by atoms with E-state index >= 15 is 0 Å². The number of rotatable bonds is 4. The zero-order valence-electron chi connectivity index (χ0n) is 11.5. The van der Waals surface area contributed by atoms with Crippen LogP contribution in [0.1, 0.15) is 26.2 Å². The molecule has 1 aliphatic carbocycles. The molecule has 0 radical (unpaired) electrons. The van der Waals surface area contributed by atoms with Gasteiger partial charge in [-0.2, -0.15) is 5.10 Å². The van der Waals surface area contributed by atoms with Crippen LogP contribution in [0, 0.1) is 0 Å². The van der Waals surface area contributed by atoms with E-state index in [4.69, 9.17) is 0 Å². The minimum absolute atomic E-state index is 0.0932. The number of hydrogen-bond donors (Lipinski definition) is 2. The van der Waals surface area contributed by atoms with Crippen molar-refractivity contribution in [3.8, 4) is 0 Å². The number of aryl methyl sites for hydroxylation is 1. The Labute approximate surface area is 117 Å². The van der Waals surface area contributed by atoms with Gasteiger partial charge in [-0.25, -0.2) is 4.79 Å². The monoisotopic (exact) mass is 277 g/mol. The average Bonchev–Trinajstić information content (AvgIpc) is 3.05. The number of amides is 3. The van der Waals surface area contributed by atoms with Crippen molar-refractivity contribution >= 4 is 17.6 Å². The van der Waals surface area contributed by atoms with Crippen LogP contribution in [0.25, 0.3) is 0 Å². The largest absolute Gasteiger partial charge is 0.338 e. The zero-order valence-corrected chi connectivity index (χ0v) is 11.5. The maximum atomic E-state index is 11.9. The van der Waals surface area contributed by atoms with Crippen LogP contribution >= 0.6 is 0 Å². The van der Waals surface area contributed by atoms with Gasteiger partial charge in [0.15, 0.2) is 0 Å². The summed E-state index contributed by atoms with van der Waals surface area (Å²) in [5, 5.41) is 9.67. The summed E-state index contributed by atoms with van der Waals surface area (Å²) in [6.07, 6.45) is 5.98. The molecule has 0 aromatic carbocycles. The predicted molar refractivity (Wildman–Crippen MR) is 73.2 cm³/mol. The fraction of sp³-hybridized carbons (Fsp3) is 0.615. The Balaban J connectivity index is 1.50. The summed E-state index contributed by atoms with van der Waals surface area (Å²) in [5.41, 5.74) is 0.660. The van der Waals surface area contributed by atoms with E-state index in [-0.39, 0.29) is 18.0 Å². The number of likely N-dealkylation sites (tertiary alicyclic amines) is 1. The van der Waals surface area contributed by atoms with Gasteiger partial charge < -0.3 is 15.5 Å². The molecule has 2 aliphatic rings. The second kappa shape index (κ2) is 5.15. The summed E-state index contributed by atoms with van der Waals surface area (Å²) in [4.78, 5) is 25.6. The fourth-order valence-electron chi connectivity index (χ4n) is 2.52. The van der Waals surface area contributed by atoms with Gasteiger partial charge in [0.25, 0.3) is 0 Å². The average molecular weight is 277 g/mol. The standard InChI is InChI=1S/C13H19N5O2/c1-2-17-7-10(6-14-17)16-13(20)15-9-5-12(19)18(8-9)11-3-4-11/h6-7,9,11H,2-5,8H2,1H3,(H2,15,16,20)/t9-/m1/s1. The van der Waals surface area contributed by atoms with Gasteiger partial charge >= 0.3 is 6.03 Å². The number of urea groups is 1. The first-order valence-corrected chi connectivity index (χ1v) is 7.05. The van der Waals surface area contributed by atoms with Crippen molar-refractivity contribution < 1.29 is 9.59 Å². The summed E-state index contributed by atoms with van der Waals surface area (Å²) >= 11 is 0. The zero-order chi connectivity index (χ0) is 14.1. The molecule has 3 rings (SSSR count). The quantitative estimate of drug-likeness (QED) is 0.854. The Kier molecular flexibility index (Phi) is 3.33. The number of carbonyl (C=O) groups is 2. The predicted octanol–water partition coefficient (Wildman–Crippen LogP) is 0.788. The first-order valence-electron chi connectivity index (χ1n) is 7.05. The Morgan fingerprint density at radius 1 is 1.50 bits per heavy atom. The lowest BCUT2D eigenvalue weighted by molar-refractivity contribution is -0.128. The number of aromatic nitrogens is 2. The van der Waals surface area contributed by atoms with Gasteiger partial charge in [-0.1, -0.05) is 0 Å². The third kappa shape index (κ3) is 2.76. The molecule has 1 aliphatic heterocycles. The molecule has 2 N–H and O–H groups in total. The number of carbonyl (C=O) groups excluding carboxylic acids is 2. The number of nitrogens with zero attached hydrogens (tertiary/aromatic N) is 3. The normalized spacial score (nSPS) is 22.1. The van der Waals surface area contributed by atoms with Crippen LogP contribution in [0.3, 0.4) is 0 Å². The first-order chi connectivity index (χ1) is 9.65. The number of hydrogen-bond acceptors (Lipinski definition) is 3. The summed E-state index contributed by atoms with van der Waals surface area (Å²) in [7, 11) is 0. The van der Waals surface area contributed by atoms with Crippen LogP contribution in [-0.4, -0.2) is 45.2 Å². The Bertz CT molecular complexity index is 523. The van der Waals surface area contributed by atoms with Crippen molar-refractivity contribution in [3.05, 3.63) is 12.4 Å². The van der Waals surface area contributed by atoms with Crippen molar-refractivity contribution in [1.29, 1.82) is 0 Å². The van der Waals surface area contributed by atoms with Crippen LogP contribution in [0.4, 0.5) is 10.5 Å². The molecule has 0 spiro atoms. The van der Waals surface area contributed by atoms with Gasteiger partial charge in [-0.3, -0.25) is 9.48 Å². The molecular weight excluding hydrogens is 258 g/mol. The van der Waals surface area contributed by atoms with E-state index in [1.54, 1.807) is 17.1 Å². The molecule has 1 saturated carbocycles. The van der Waals surface area contributed by atoms with E-state index in [1.807, 2.05) is 11.8 Å². The van der Waals surface area contributed by atoms with E-state index in [0.29, 0.717) is 24.7 Å². The van der Waals surface area contributed by atoms with Crippen LogP contribution in [-0.2, 0) is 11.3 Å². The van der Waals surface area contributed by atoms with Gasteiger partial charge in [0.1, 0.15) is 0 Å². The molecule has 0 bridgehead atoms. The van der Waals surface area contributed by atoms with Crippen molar-refractivity contribution in [3.63, 3.8) is 0 Å². The first kappa shape index (κ1) is 13.0. The molecule has 108 valence electrons. The van der Waals surface area contributed by atoms with Gasteiger partial charge in [-0.15, -0.1) is 0 Å². The summed E-state index contributed by atoms with van der Waals surface area (Å²) in [6, 6.07) is 0.0422. The highest BCUT2D eigenvalue weighted by Crippen LogP contribution is 2.30. The van der Waals surface area contributed by atoms with Gasteiger partial charge in [0, 0.05) is 31.7 Å². The second-order valence-electron chi connectivity index (χ2n) is 5.36. The number of nitrogens with one attached hydrogen (secondary N) is 2. The highest BCUT2D eigenvalue weighted by Gasteiger charge is 2.39. The third-order valence-electron chi connectivity index (χ3n) is 3.70. The molecule has 1 aromatic rings. The van der Waals surface area contributed by atoms with E-state index in [1.165, 1.54) is 0 Å². The molecule has 7 heteroatoms. The lowest BCUT2D eigenvalue weighted by Crippen LogP contribution is -2.40. The minimum Gasteiger partial charge on any atom is -0.338 e. The molecule has 1 aromatic heterocycles. The van der Waals surface area contributed by atoms with Crippen LogP contribution in [0.2, 0.25) is 0 Å². The van der Waals surface area contributed by atoms with E-state index in [0.717, 1.165) is 19.4 Å². The highest BCUT2D eigenvalue weighted by atomic mass is 16.2. The van der Waals surface area contributed by atoms with Gasteiger partial charge in [0.05, 0.1) is 17.9 Å². The molecule has 0 unspecified atom stereocenters. The Morgan fingerprint density at radius 2 is 2.30 bits per heavy atom. The second-order valence-corrected chi connectivity index (χ2v) is 5.36. The van der Waals surface area contributed by atoms with E-state index in [2.05, 4.69) is 15.7 Å². The van der Waals surface area contributed by atoms with Crippen molar-refractivity contribution in [2.75, 3.05) is 11.9 Å². The topological polar surface area (TPSA) is 79.3 Å². The summed E-state index contributed by atoms with van der Waals surface area (Å²) < 4.78 is 1.74. The maximum Gasteiger partial charge on any atom is 0.319 e. The van der Waals surface area contributed by atoms with Gasteiger partial charge in [-0.05, 0) is 19.8 Å².